The van der Waals surface area contributed by atoms with E-state index in [1.54, 1.807) is 6.26 Å². The molecule has 0 saturated heterocycles. The van der Waals surface area contributed by atoms with Gasteiger partial charge in [-0.2, -0.15) is 0 Å². The van der Waals surface area contributed by atoms with Gasteiger partial charge in [-0.05, 0) is 19.6 Å². The quantitative estimate of drug-likeness (QED) is 0.524. The standard InChI is InChI=1S/C9H14NO/c1-8(2)10(4)7-9(3)5-6-11-10/h5-7H,1H2,2-4H3/q+1. The Labute approximate surface area is 67.6 Å². The van der Waals surface area contributed by atoms with E-state index in [9.17, 15) is 0 Å². The van der Waals surface area contributed by atoms with Crippen molar-refractivity contribution in [2.24, 2.45) is 0 Å². The maximum absolute atomic E-state index is 5.38. The van der Waals surface area contributed by atoms with Crippen LogP contribution < -0.4 is 0 Å². The Balaban J connectivity index is 2.92. The van der Waals surface area contributed by atoms with Gasteiger partial charge < -0.3 is 4.84 Å². The van der Waals surface area contributed by atoms with E-state index in [-0.39, 0.29) is 0 Å². The number of hydrogen-bond donors (Lipinski definition) is 0. The van der Waals surface area contributed by atoms with Gasteiger partial charge in [-0.15, -0.1) is 0 Å². The zero-order chi connectivity index (χ0) is 8.48. The van der Waals surface area contributed by atoms with Gasteiger partial charge >= 0.3 is 0 Å². The maximum Gasteiger partial charge on any atom is 0.156 e. The molecule has 0 aliphatic carbocycles. The largest absolute Gasteiger partial charge is 0.313 e. The molecule has 0 aromatic rings. The lowest BCUT2D eigenvalue weighted by Crippen LogP contribution is -2.35. The highest BCUT2D eigenvalue weighted by Crippen LogP contribution is 2.20. The Morgan fingerprint density at radius 1 is 1.64 bits per heavy atom. The van der Waals surface area contributed by atoms with E-state index < -0.39 is 0 Å². The molecule has 1 aliphatic heterocycles. The number of hydroxylamine groups is 3. The van der Waals surface area contributed by atoms with Crippen molar-refractivity contribution >= 4 is 0 Å². The van der Waals surface area contributed by atoms with Crippen LogP contribution in [-0.4, -0.2) is 11.7 Å². The van der Waals surface area contributed by atoms with Crippen molar-refractivity contribution in [3.8, 4) is 0 Å². The van der Waals surface area contributed by atoms with Crippen LogP contribution in [0.25, 0.3) is 0 Å². The van der Waals surface area contributed by atoms with Crippen LogP contribution in [0.4, 0.5) is 0 Å². The molecule has 60 valence electrons. The van der Waals surface area contributed by atoms with E-state index in [2.05, 4.69) is 6.58 Å². The van der Waals surface area contributed by atoms with E-state index in [1.165, 1.54) is 5.57 Å². The lowest BCUT2D eigenvalue weighted by atomic mass is 10.3. The minimum atomic E-state index is 0.350. The fourth-order valence-electron chi connectivity index (χ4n) is 0.926. The van der Waals surface area contributed by atoms with Gasteiger partial charge in [-0.1, -0.05) is 4.65 Å². The molecule has 0 aromatic heterocycles. The highest BCUT2D eigenvalue weighted by molar-refractivity contribution is 5.13. The van der Waals surface area contributed by atoms with Crippen molar-refractivity contribution in [3.05, 3.63) is 36.4 Å². The fourth-order valence-corrected chi connectivity index (χ4v) is 0.926. The molecule has 0 amide bonds. The second kappa shape index (κ2) is 2.55. The monoisotopic (exact) mass is 152 g/mol. The maximum atomic E-state index is 5.38. The molecule has 2 nitrogen and oxygen atoms in total. The molecule has 1 unspecified atom stereocenters. The zero-order valence-corrected chi connectivity index (χ0v) is 7.29. The lowest BCUT2D eigenvalue weighted by molar-refractivity contribution is -1.01. The topological polar surface area (TPSA) is 9.23 Å². The number of allylic oxidation sites excluding steroid dienone is 3. The molecule has 0 bridgehead atoms. The smallest absolute Gasteiger partial charge is 0.156 e. The number of hydrogen-bond acceptors (Lipinski definition) is 1. The van der Waals surface area contributed by atoms with Crippen molar-refractivity contribution < 1.29 is 9.48 Å². The van der Waals surface area contributed by atoms with Gasteiger partial charge in [0.15, 0.2) is 6.26 Å². The van der Waals surface area contributed by atoms with E-state index in [0.717, 1.165) is 5.70 Å². The molecule has 1 atom stereocenters. The first-order valence-electron chi connectivity index (χ1n) is 3.61. The van der Waals surface area contributed by atoms with Gasteiger partial charge in [-0.25, -0.2) is 0 Å². The van der Waals surface area contributed by atoms with E-state index in [4.69, 9.17) is 4.84 Å². The first kappa shape index (κ1) is 8.08. The number of nitrogens with zero attached hydrogens (tertiary/aromatic N) is 1. The highest BCUT2D eigenvalue weighted by Gasteiger charge is 2.24. The van der Waals surface area contributed by atoms with Crippen LogP contribution in [-0.2, 0) is 4.84 Å². The first-order valence-corrected chi connectivity index (χ1v) is 3.61. The summed E-state index contributed by atoms with van der Waals surface area (Å²) in [6, 6.07) is 0. The SMILES string of the molecule is C=C(C)[N+]1(C)C=C(C)C=CO1. The number of quaternary nitrogens is 1. The fraction of sp³-hybridized carbons (Fsp3) is 0.333. The van der Waals surface area contributed by atoms with Gasteiger partial charge in [0.25, 0.3) is 0 Å². The van der Waals surface area contributed by atoms with Crippen LogP contribution in [0.1, 0.15) is 13.8 Å². The van der Waals surface area contributed by atoms with Crippen molar-refractivity contribution in [1.29, 1.82) is 0 Å². The summed E-state index contributed by atoms with van der Waals surface area (Å²) in [7, 11) is 1.95. The molecular formula is C9H14NO+. The van der Waals surface area contributed by atoms with Gasteiger partial charge in [0.1, 0.15) is 18.9 Å². The van der Waals surface area contributed by atoms with E-state index >= 15 is 0 Å². The predicted molar refractivity (Wildman–Crippen MR) is 45.0 cm³/mol. The van der Waals surface area contributed by atoms with Gasteiger partial charge in [-0.3, -0.25) is 0 Å². The normalized spacial score (nSPS) is 29.2. The summed E-state index contributed by atoms with van der Waals surface area (Å²) in [6.07, 6.45) is 5.65. The molecule has 0 spiro atoms. The minimum Gasteiger partial charge on any atom is -0.313 e. The Hall–Kier alpha value is -1.02. The Bertz CT molecular complexity index is 240. The van der Waals surface area contributed by atoms with Crippen molar-refractivity contribution in [1.82, 2.24) is 0 Å². The average molecular weight is 152 g/mol. The third-order valence-electron chi connectivity index (χ3n) is 1.82. The third-order valence-corrected chi connectivity index (χ3v) is 1.82. The zero-order valence-electron chi connectivity index (χ0n) is 7.29. The summed E-state index contributed by atoms with van der Waals surface area (Å²) in [5.41, 5.74) is 2.16. The summed E-state index contributed by atoms with van der Waals surface area (Å²) < 4.78 is 0.350. The molecule has 0 radical (unpaired) electrons. The summed E-state index contributed by atoms with van der Waals surface area (Å²) in [5.74, 6) is 0. The molecule has 0 fully saturated rings. The molecule has 11 heavy (non-hydrogen) atoms. The van der Waals surface area contributed by atoms with Crippen LogP contribution in [0, 0.1) is 0 Å². The first-order chi connectivity index (χ1) is 5.04. The number of rotatable bonds is 1. The molecule has 1 aliphatic rings. The van der Waals surface area contributed by atoms with Crippen LogP contribution in [0.2, 0.25) is 0 Å². The molecule has 0 N–H and O–H groups in total. The van der Waals surface area contributed by atoms with Crippen LogP contribution in [0.5, 0.6) is 0 Å². The Morgan fingerprint density at radius 3 is 2.64 bits per heavy atom. The summed E-state index contributed by atoms with van der Waals surface area (Å²) in [4.78, 5) is 5.38. The molecular weight excluding hydrogens is 138 g/mol. The van der Waals surface area contributed by atoms with Crippen LogP contribution in [0.3, 0.4) is 0 Å². The van der Waals surface area contributed by atoms with Gasteiger partial charge in [0, 0.05) is 12.5 Å². The molecule has 0 aromatic carbocycles. The van der Waals surface area contributed by atoms with E-state index in [0.29, 0.717) is 4.65 Å². The molecule has 1 heterocycles. The highest BCUT2D eigenvalue weighted by atomic mass is 16.7. The molecule has 0 saturated carbocycles. The Morgan fingerprint density at radius 2 is 2.27 bits per heavy atom. The van der Waals surface area contributed by atoms with E-state index in [1.807, 2.05) is 33.2 Å². The second-order valence-electron chi connectivity index (χ2n) is 3.01. The van der Waals surface area contributed by atoms with Crippen molar-refractivity contribution in [3.63, 3.8) is 0 Å². The van der Waals surface area contributed by atoms with Gasteiger partial charge in [0.2, 0.25) is 0 Å². The third kappa shape index (κ3) is 1.52. The second-order valence-corrected chi connectivity index (χ2v) is 3.01. The predicted octanol–water partition coefficient (Wildman–Crippen LogP) is 2.33. The molecule has 2 heteroatoms. The van der Waals surface area contributed by atoms with Crippen molar-refractivity contribution in [2.75, 3.05) is 7.05 Å². The summed E-state index contributed by atoms with van der Waals surface area (Å²) in [6.45, 7) is 7.84. The summed E-state index contributed by atoms with van der Waals surface area (Å²) in [5, 5.41) is 0. The Kier molecular flexibility index (Phi) is 1.87. The van der Waals surface area contributed by atoms with Crippen LogP contribution >= 0.6 is 0 Å². The van der Waals surface area contributed by atoms with Crippen molar-refractivity contribution in [2.45, 2.75) is 13.8 Å². The minimum absolute atomic E-state index is 0.350. The van der Waals surface area contributed by atoms with Crippen LogP contribution in [0.15, 0.2) is 36.4 Å². The molecule has 1 rings (SSSR count). The van der Waals surface area contributed by atoms with Gasteiger partial charge in [0.05, 0.1) is 0 Å². The lowest BCUT2D eigenvalue weighted by Gasteiger charge is -2.28. The summed E-state index contributed by atoms with van der Waals surface area (Å²) >= 11 is 0. The average Bonchev–Trinajstić information content (AvgIpc) is 1.86.